The number of aryl methyl sites for hydroxylation is 1. The van der Waals surface area contributed by atoms with Crippen LogP contribution in [0.2, 0.25) is 0 Å². The van der Waals surface area contributed by atoms with E-state index < -0.39 is 11.8 Å². The molecule has 3 aromatic rings. The van der Waals surface area contributed by atoms with Crippen LogP contribution in [0.3, 0.4) is 0 Å². The molecular formula is C21H20FNO4S. The Kier molecular flexibility index (Phi) is 5.65. The van der Waals surface area contributed by atoms with E-state index >= 15 is 0 Å². The van der Waals surface area contributed by atoms with Gasteiger partial charge in [-0.1, -0.05) is 19.1 Å². The molecule has 0 fully saturated rings. The fraction of sp³-hybridized carbons (Fsp3) is 0.238. The Labute approximate surface area is 166 Å². The molecule has 2 aromatic carbocycles. The molecule has 0 saturated carbocycles. The fourth-order valence-corrected chi connectivity index (χ4v) is 4.61. The molecule has 0 spiro atoms. The van der Waals surface area contributed by atoms with Crippen LogP contribution in [-0.2, 0) is 22.5 Å². The number of benzene rings is 2. The van der Waals surface area contributed by atoms with Crippen molar-refractivity contribution in [2.45, 2.75) is 26.8 Å². The van der Waals surface area contributed by atoms with E-state index in [9.17, 15) is 19.1 Å². The van der Waals surface area contributed by atoms with Crippen molar-refractivity contribution >= 4 is 38.3 Å². The van der Waals surface area contributed by atoms with Crippen molar-refractivity contribution in [3.8, 4) is 5.75 Å². The lowest BCUT2D eigenvalue weighted by molar-refractivity contribution is -0.116. The smallest absolute Gasteiger partial charge is 0.341 e. The zero-order chi connectivity index (χ0) is 20.4. The molecule has 1 aromatic heterocycles. The zero-order valence-corrected chi connectivity index (χ0v) is 16.6. The number of fused-ring (bicyclic) bond motifs is 1. The van der Waals surface area contributed by atoms with Gasteiger partial charge in [-0.25, -0.2) is 9.18 Å². The standard InChI is InChI=1S/C21H20FNO4S/c1-4-15-17(25)9-8-16-18(21(26)27-3)20(28-19(15)16)23(12(2)24)11-13-6-5-7-14(22)10-13/h5-10,25H,4,11H2,1-3H3. The molecule has 0 unspecified atom stereocenters. The summed E-state index contributed by atoms with van der Waals surface area (Å²) in [4.78, 5) is 26.4. The molecule has 0 radical (unpaired) electrons. The number of hydrogen-bond acceptors (Lipinski definition) is 5. The first-order valence-corrected chi connectivity index (χ1v) is 9.57. The summed E-state index contributed by atoms with van der Waals surface area (Å²) in [6, 6.07) is 9.16. The maximum absolute atomic E-state index is 13.6. The Morgan fingerprint density at radius 1 is 1.25 bits per heavy atom. The van der Waals surface area contributed by atoms with Gasteiger partial charge >= 0.3 is 5.97 Å². The number of carbonyl (C=O) groups excluding carboxylic acids is 2. The molecule has 5 nitrogen and oxygen atoms in total. The number of esters is 1. The summed E-state index contributed by atoms with van der Waals surface area (Å²) in [5.41, 5.74) is 1.57. The molecular weight excluding hydrogens is 381 g/mol. The van der Waals surface area contributed by atoms with Crippen LogP contribution in [0.5, 0.6) is 5.75 Å². The molecule has 0 saturated heterocycles. The summed E-state index contributed by atoms with van der Waals surface area (Å²) in [5.74, 6) is -1.12. The van der Waals surface area contributed by atoms with Gasteiger partial charge in [0.25, 0.3) is 0 Å². The third-order valence-electron chi connectivity index (χ3n) is 4.52. The summed E-state index contributed by atoms with van der Waals surface area (Å²) in [6.07, 6.45) is 0.563. The van der Waals surface area contributed by atoms with Gasteiger partial charge in [0, 0.05) is 22.6 Å². The lowest BCUT2D eigenvalue weighted by atomic mass is 10.1. The lowest BCUT2D eigenvalue weighted by Gasteiger charge is -2.21. The average molecular weight is 401 g/mol. The second kappa shape index (κ2) is 7.98. The second-order valence-corrected chi connectivity index (χ2v) is 7.30. The summed E-state index contributed by atoms with van der Waals surface area (Å²) < 4.78 is 19.3. The van der Waals surface area contributed by atoms with Crippen LogP contribution in [0, 0.1) is 5.82 Å². The number of ether oxygens (including phenoxy) is 1. The number of phenols is 1. The highest BCUT2D eigenvalue weighted by atomic mass is 32.1. The Balaban J connectivity index is 2.23. The van der Waals surface area contributed by atoms with Gasteiger partial charge in [-0.05, 0) is 36.2 Å². The molecule has 7 heteroatoms. The number of carbonyl (C=O) groups is 2. The lowest BCUT2D eigenvalue weighted by Crippen LogP contribution is -2.28. The van der Waals surface area contributed by atoms with Crippen molar-refractivity contribution < 1.29 is 23.8 Å². The van der Waals surface area contributed by atoms with Gasteiger partial charge in [-0.3, -0.25) is 9.69 Å². The van der Waals surface area contributed by atoms with E-state index in [4.69, 9.17) is 4.74 Å². The largest absolute Gasteiger partial charge is 0.508 e. The molecule has 146 valence electrons. The van der Waals surface area contributed by atoms with Crippen LogP contribution in [0.25, 0.3) is 10.1 Å². The highest BCUT2D eigenvalue weighted by molar-refractivity contribution is 7.23. The Morgan fingerprint density at radius 3 is 2.61 bits per heavy atom. The quantitative estimate of drug-likeness (QED) is 0.632. The van der Waals surface area contributed by atoms with Crippen LogP contribution in [0.4, 0.5) is 9.39 Å². The Bertz CT molecular complexity index is 1060. The van der Waals surface area contributed by atoms with Crippen LogP contribution in [0.1, 0.15) is 35.3 Å². The van der Waals surface area contributed by atoms with E-state index in [1.165, 1.54) is 48.5 Å². The monoisotopic (exact) mass is 401 g/mol. The topological polar surface area (TPSA) is 66.8 Å². The van der Waals surface area contributed by atoms with E-state index in [0.29, 0.717) is 27.9 Å². The van der Waals surface area contributed by atoms with Crippen LogP contribution in [-0.4, -0.2) is 24.1 Å². The summed E-state index contributed by atoms with van der Waals surface area (Å²) in [7, 11) is 1.28. The maximum atomic E-state index is 13.6. The SMILES string of the molecule is CCc1c(O)ccc2c(C(=O)OC)c(N(Cc3cccc(F)c3)C(C)=O)sc12. The number of halogens is 1. The predicted molar refractivity (Wildman–Crippen MR) is 107 cm³/mol. The maximum Gasteiger partial charge on any atom is 0.341 e. The minimum absolute atomic E-state index is 0.108. The third-order valence-corrected chi connectivity index (χ3v) is 5.80. The highest BCUT2D eigenvalue weighted by Gasteiger charge is 2.27. The van der Waals surface area contributed by atoms with Crippen molar-refractivity contribution in [3.05, 3.63) is 58.9 Å². The number of methoxy groups -OCH3 is 1. The number of rotatable bonds is 5. The van der Waals surface area contributed by atoms with E-state index in [1.54, 1.807) is 18.2 Å². The van der Waals surface area contributed by atoms with Gasteiger partial charge in [0.15, 0.2) is 0 Å². The number of amides is 1. The molecule has 0 bridgehead atoms. The molecule has 3 rings (SSSR count). The highest BCUT2D eigenvalue weighted by Crippen LogP contribution is 2.43. The first kappa shape index (κ1) is 19.8. The zero-order valence-electron chi connectivity index (χ0n) is 15.8. The van der Waals surface area contributed by atoms with Crippen molar-refractivity contribution in [2.24, 2.45) is 0 Å². The average Bonchev–Trinajstić information content (AvgIpc) is 3.04. The van der Waals surface area contributed by atoms with Crippen LogP contribution < -0.4 is 4.90 Å². The number of anilines is 1. The molecule has 1 N–H and O–H groups in total. The van der Waals surface area contributed by atoms with Gasteiger partial charge in [-0.2, -0.15) is 0 Å². The van der Waals surface area contributed by atoms with Gasteiger partial charge in [0.05, 0.1) is 13.7 Å². The number of nitrogens with zero attached hydrogens (tertiary/aromatic N) is 1. The van der Waals surface area contributed by atoms with Crippen LogP contribution >= 0.6 is 11.3 Å². The van der Waals surface area contributed by atoms with Crippen molar-refractivity contribution in [1.29, 1.82) is 0 Å². The number of hydrogen-bond donors (Lipinski definition) is 1. The predicted octanol–water partition coefficient (Wildman–Crippen LogP) is 4.65. The summed E-state index contributed by atoms with van der Waals surface area (Å²) in [5, 5.41) is 11.2. The van der Waals surface area contributed by atoms with Crippen molar-refractivity contribution in [2.75, 3.05) is 12.0 Å². The molecule has 0 aliphatic heterocycles. The molecule has 0 aliphatic rings. The summed E-state index contributed by atoms with van der Waals surface area (Å²) in [6.45, 7) is 3.40. The molecule has 28 heavy (non-hydrogen) atoms. The number of phenolic OH excluding ortho intramolecular Hbond substituents is 1. The second-order valence-electron chi connectivity index (χ2n) is 6.30. The first-order chi connectivity index (χ1) is 13.4. The first-order valence-electron chi connectivity index (χ1n) is 8.75. The minimum atomic E-state index is -0.570. The number of thiophene rings is 1. The van der Waals surface area contributed by atoms with Crippen LogP contribution in [0.15, 0.2) is 36.4 Å². The summed E-state index contributed by atoms with van der Waals surface area (Å²) >= 11 is 1.24. The third kappa shape index (κ3) is 3.57. The molecule has 1 heterocycles. The van der Waals surface area contributed by atoms with Gasteiger partial charge in [-0.15, -0.1) is 11.3 Å². The van der Waals surface area contributed by atoms with Gasteiger partial charge < -0.3 is 9.84 Å². The molecule has 0 aliphatic carbocycles. The normalized spacial score (nSPS) is 10.9. The Morgan fingerprint density at radius 2 is 2.00 bits per heavy atom. The minimum Gasteiger partial charge on any atom is -0.508 e. The van der Waals surface area contributed by atoms with Crippen molar-refractivity contribution in [3.63, 3.8) is 0 Å². The van der Waals surface area contributed by atoms with E-state index in [2.05, 4.69) is 0 Å². The van der Waals surface area contributed by atoms with Gasteiger partial charge in [0.1, 0.15) is 22.1 Å². The van der Waals surface area contributed by atoms with E-state index in [1.807, 2.05) is 6.92 Å². The van der Waals surface area contributed by atoms with Crippen molar-refractivity contribution in [1.82, 2.24) is 0 Å². The van der Waals surface area contributed by atoms with E-state index in [0.717, 1.165) is 4.70 Å². The van der Waals surface area contributed by atoms with E-state index in [-0.39, 0.29) is 23.8 Å². The molecule has 0 atom stereocenters. The molecule has 1 amide bonds. The van der Waals surface area contributed by atoms with Gasteiger partial charge in [0.2, 0.25) is 5.91 Å². The fourth-order valence-electron chi connectivity index (χ4n) is 3.17. The Hall–Kier alpha value is -2.93. The number of aromatic hydroxyl groups is 1.